The van der Waals surface area contributed by atoms with Crippen molar-refractivity contribution in [1.82, 2.24) is 14.8 Å². The molecule has 0 spiro atoms. The minimum atomic E-state index is -0.326. The molecule has 0 atom stereocenters. The predicted octanol–water partition coefficient (Wildman–Crippen LogP) is 4.34. The van der Waals surface area contributed by atoms with Gasteiger partial charge in [-0.3, -0.25) is 0 Å². The summed E-state index contributed by atoms with van der Waals surface area (Å²) in [6.45, 7) is 6.10. The summed E-state index contributed by atoms with van der Waals surface area (Å²) in [4.78, 5) is 0. The molecule has 6 heteroatoms. The maximum absolute atomic E-state index is 13.7. The van der Waals surface area contributed by atoms with Crippen molar-refractivity contribution in [3.05, 3.63) is 34.3 Å². The molecule has 0 fully saturated rings. The lowest BCUT2D eigenvalue weighted by atomic mass is 10.1. The van der Waals surface area contributed by atoms with Crippen LogP contribution in [0.1, 0.15) is 26.6 Å². The Morgan fingerprint density at radius 3 is 2.53 bits per heavy atom. The van der Waals surface area contributed by atoms with Gasteiger partial charge in [0.25, 0.3) is 0 Å². The van der Waals surface area contributed by atoms with Crippen LogP contribution in [-0.4, -0.2) is 14.8 Å². The van der Waals surface area contributed by atoms with Gasteiger partial charge in [-0.15, -0.1) is 21.8 Å². The van der Waals surface area contributed by atoms with Crippen molar-refractivity contribution in [2.24, 2.45) is 0 Å². The molecule has 0 N–H and O–H groups in total. The number of hydrogen-bond acceptors (Lipinski definition) is 2. The quantitative estimate of drug-likeness (QED) is 0.757. The van der Waals surface area contributed by atoms with E-state index >= 15 is 0 Å². The lowest BCUT2D eigenvalue weighted by Gasteiger charge is -2.24. The number of hydrogen-bond donors (Lipinski definition) is 0. The maximum atomic E-state index is 13.7. The molecule has 0 radical (unpaired) electrons. The fourth-order valence-corrected chi connectivity index (χ4v) is 2.35. The summed E-state index contributed by atoms with van der Waals surface area (Å²) in [6, 6.07) is 4.90. The second kappa shape index (κ2) is 5.21. The van der Waals surface area contributed by atoms with Crippen molar-refractivity contribution in [2.75, 3.05) is 0 Å². The van der Waals surface area contributed by atoms with E-state index in [1.807, 2.05) is 25.3 Å². The largest absolute Gasteiger partial charge is 0.305 e. The minimum Gasteiger partial charge on any atom is -0.305 e. The molecule has 0 saturated heterocycles. The Balaban J connectivity index is 2.62. The number of benzene rings is 1. The molecule has 0 unspecified atom stereocenters. The molecule has 102 valence electrons. The summed E-state index contributed by atoms with van der Waals surface area (Å²) in [6.07, 6.45) is 0. The Bertz CT molecular complexity index is 604. The molecule has 0 aliphatic heterocycles. The van der Waals surface area contributed by atoms with E-state index in [2.05, 4.69) is 26.1 Å². The van der Waals surface area contributed by atoms with Gasteiger partial charge in [0.2, 0.25) is 0 Å². The number of rotatable bonds is 2. The average molecular weight is 347 g/mol. The molecule has 1 aromatic heterocycles. The topological polar surface area (TPSA) is 30.7 Å². The summed E-state index contributed by atoms with van der Waals surface area (Å²) in [5.41, 5.74) is 0.451. The normalized spacial score (nSPS) is 11.9. The summed E-state index contributed by atoms with van der Waals surface area (Å²) in [5.74, 6) is 1.24. The van der Waals surface area contributed by atoms with Crippen molar-refractivity contribution in [1.29, 1.82) is 0 Å². The first-order valence-corrected chi connectivity index (χ1v) is 7.13. The summed E-state index contributed by atoms with van der Waals surface area (Å²) in [7, 11) is 0. The molecule has 19 heavy (non-hydrogen) atoms. The lowest BCUT2D eigenvalue weighted by molar-refractivity contribution is 0.390. The molecule has 3 nitrogen and oxygen atoms in total. The van der Waals surface area contributed by atoms with E-state index in [1.165, 1.54) is 6.07 Å². The molecule has 0 saturated carbocycles. The van der Waals surface area contributed by atoms with Gasteiger partial charge in [-0.2, -0.15) is 0 Å². The average Bonchev–Trinajstić information content (AvgIpc) is 2.76. The van der Waals surface area contributed by atoms with Gasteiger partial charge in [0.05, 0.1) is 10.4 Å². The summed E-state index contributed by atoms with van der Waals surface area (Å²) in [5, 5.41) is 8.22. The van der Waals surface area contributed by atoms with Gasteiger partial charge in [0.15, 0.2) is 5.82 Å². The molecule has 0 amide bonds. The van der Waals surface area contributed by atoms with Gasteiger partial charge in [-0.25, -0.2) is 4.39 Å². The van der Waals surface area contributed by atoms with Gasteiger partial charge in [-0.05, 0) is 54.9 Å². The van der Waals surface area contributed by atoms with Crippen molar-refractivity contribution in [2.45, 2.75) is 32.2 Å². The van der Waals surface area contributed by atoms with Crippen LogP contribution >= 0.6 is 27.5 Å². The van der Waals surface area contributed by atoms with Crippen LogP contribution in [0.25, 0.3) is 11.4 Å². The van der Waals surface area contributed by atoms with Crippen molar-refractivity contribution >= 4 is 27.5 Å². The van der Waals surface area contributed by atoms with Crippen LogP contribution < -0.4 is 0 Å². The number of aromatic nitrogens is 3. The van der Waals surface area contributed by atoms with Crippen LogP contribution in [0.4, 0.5) is 4.39 Å². The zero-order chi connectivity index (χ0) is 14.2. The van der Waals surface area contributed by atoms with Crippen LogP contribution in [-0.2, 0) is 11.4 Å². The second-order valence-electron chi connectivity index (χ2n) is 5.21. The van der Waals surface area contributed by atoms with E-state index in [4.69, 9.17) is 11.6 Å². The molecule has 1 heterocycles. The monoisotopic (exact) mass is 345 g/mol. The highest BCUT2D eigenvalue weighted by atomic mass is 79.9. The fraction of sp³-hybridized carbons (Fsp3) is 0.385. The molecule has 0 bridgehead atoms. The van der Waals surface area contributed by atoms with Crippen LogP contribution in [0.15, 0.2) is 22.7 Å². The van der Waals surface area contributed by atoms with Gasteiger partial charge in [-0.1, -0.05) is 0 Å². The zero-order valence-electron chi connectivity index (χ0n) is 10.9. The van der Waals surface area contributed by atoms with E-state index < -0.39 is 0 Å². The van der Waals surface area contributed by atoms with Crippen LogP contribution in [0, 0.1) is 5.82 Å². The van der Waals surface area contributed by atoms with E-state index in [9.17, 15) is 4.39 Å². The third kappa shape index (κ3) is 2.82. The Morgan fingerprint density at radius 2 is 2.00 bits per heavy atom. The van der Waals surface area contributed by atoms with E-state index in [0.717, 1.165) is 0 Å². The SMILES string of the molecule is CC(C)(C)n1c(CCl)nnc1-c1ccc(Br)c(F)c1. The Morgan fingerprint density at radius 1 is 1.32 bits per heavy atom. The first-order valence-electron chi connectivity index (χ1n) is 5.80. The Kier molecular flexibility index (Phi) is 3.97. The first-order chi connectivity index (χ1) is 8.84. The van der Waals surface area contributed by atoms with Gasteiger partial charge >= 0.3 is 0 Å². The van der Waals surface area contributed by atoms with Crippen molar-refractivity contribution in [3.8, 4) is 11.4 Å². The number of halogens is 3. The molecule has 0 aliphatic carbocycles. The first kappa shape index (κ1) is 14.5. The van der Waals surface area contributed by atoms with Crippen LogP contribution in [0.3, 0.4) is 0 Å². The van der Waals surface area contributed by atoms with E-state index in [1.54, 1.807) is 12.1 Å². The van der Waals surface area contributed by atoms with Crippen molar-refractivity contribution in [3.63, 3.8) is 0 Å². The van der Waals surface area contributed by atoms with Gasteiger partial charge in [0.1, 0.15) is 11.6 Å². The standard InChI is InChI=1S/C13H14BrClFN3/c1-13(2,3)19-11(7-15)17-18-12(19)8-4-5-9(14)10(16)6-8/h4-6H,7H2,1-3H3. The number of nitrogens with zero attached hydrogens (tertiary/aromatic N) is 3. The number of alkyl halides is 1. The molecule has 1 aromatic carbocycles. The molecular formula is C13H14BrClFN3. The van der Waals surface area contributed by atoms with Gasteiger partial charge < -0.3 is 4.57 Å². The highest BCUT2D eigenvalue weighted by molar-refractivity contribution is 9.10. The van der Waals surface area contributed by atoms with Crippen LogP contribution in [0.2, 0.25) is 0 Å². The smallest absolute Gasteiger partial charge is 0.164 e. The molecule has 2 rings (SSSR count). The van der Waals surface area contributed by atoms with E-state index in [0.29, 0.717) is 21.7 Å². The fourth-order valence-electron chi connectivity index (χ4n) is 1.93. The molecule has 2 aromatic rings. The summed E-state index contributed by atoms with van der Waals surface area (Å²) >= 11 is 9.03. The zero-order valence-corrected chi connectivity index (χ0v) is 13.3. The third-order valence-corrected chi connectivity index (χ3v) is 3.58. The lowest BCUT2D eigenvalue weighted by Crippen LogP contribution is -2.24. The minimum absolute atomic E-state index is 0.230. The van der Waals surface area contributed by atoms with Crippen LogP contribution in [0.5, 0.6) is 0 Å². The maximum Gasteiger partial charge on any atom is 0.164 e. The Labute approximate surface area is 124 Å². The highest BCUT2D eigenvalue weighted by Crippen LogP contribution is 2.28. The van der Waals surface area contributed by atoms with Crippen molar-refractivity contribution < 1.29 is 4.39 Å². The van der Waals surface area contributed by atoms with E-state index in [-0.39, 0.29) is 17.2 Å². The highest BCUT2D eigenvalue weighted by Gasteiger charge is 2.23. The third-order valence-electron chi connectivity index (χ3n) is 2.70. The predicted molar refractivity (Wildman–Crippen MR) is 77.7 cm³/mol. The second-order valence-corrected chi connectivity index (χ2v) is 6.33. The summed E-state index contributed by atoms with van der Waals surface area (Å²) < 4.78 is 16.0. The molecular weight excluding hydrogens is 333 g/mol. The molecule has 0 aliphatic rings. The van der Waals surface area contributed by atoms with Gasteiger partial charge in [0, 0.05) is 11.1 Å². The Hall–Kier alpha value is -0.940.